The Labute approximate surface area is 229 Å². The Hall–Kier alpha value is -4.46. The van der Waals surface area contributed by atoms with Crippen LogP contribution in [0.2, 0.25) is 0 Å². The molecule has 5 rings (SSSR count). The highest BCUT2D eigenvalue weighted by molar-refractivity contribution is 6.07. The number of fused-ring (bicyclic) bond motifs is 3. The highest BCUT2D eigenvalue weighted by atomic mass is 19.3. The number of nitrogens with one attached hydrogen (secondary N) is 2. The number of H-pyrrole nitrogens is 1. The predicted molar refractivity (Wildman–Crippen MR) is 143 cm³/mol. The summed E-state index contributed by atoms with van der Waals surface area (Å²) < 4.78 is 30.4. The van der Waals surface area contributed by atoms with Crippen LogP contribution in [0.5, 0.6) is 5.75 Å². The average molecular weight is 550 g/mol. The van der Waals surface area contributed by atoms with E-state index in [1.165, 1.54) is 35.0 Å². The number of aromatic nitrogens is 1. The Morgan fingerprint density at radius 2 is 1.98 bits per heavy atom. The minimum Gasteiger partial charge on any atom is -0.434 e. The van der Waals surface area contributed by atoms with Crippen molar-refractivity contribution in [2.45, 2.75) is 50.8 Å². The molecule has 208 valence electrons. The molecule has 0 saturated carbocycles. The first-order valence-corrected chi connectivity index (χ1v) is 13.0. The van der Waals surface area contributed by atoms with Crippen LogP contribution in [0.25, 0.3) is 10.9 Å². The molecule has 1 saturated heterocycles. The fourth-order valence-corrected chi connectivity index (χ4v) is 5.82. The Morgan fingerprint density at radius 1 is 1.23 bits per heavy atom. The largest absolute Gasteiger partial charge is 0.434 e. The number of halogens is 2. The second-order valence-electron chi connectivity index (χ2n) is 10.7. The molecule has 2 aliphatic heterocycles. The normalized spacial score (nSPS) is 20.6. The lowest BCUT2D eigenvalue weighted by Crippen LogP contribution is -2.52. The third-order valence-electron chi connectivity index (χ3n) is 7.75. The molecule has 2 aliphatic rings. The smallest absolute Gasteiger partial charge is 0.387 e. The number of benzene rings is 2. The number of nitrogens with zero attached hydrogens (tertiary/aromatic N) is 3. The van der Waals surface area contributed by atoms with Gasteiger partial charge in [-0.3, -0.25) is 14.4 Å². The minimum atomic E-state index is -3.03. The van der Waals surface area contributed by atoms with E-state index in [2.05, 4.69) is 21.1 Å². The van der Waals surface area contributed by atoms with E-state index in [1.54, 1.807) is 12.1 Å². The van der Waals surface area contributed by atoms with E-state index in [-0.39, 0.29) is 36.2 Å². The van der Waals surface area contributed by atoms with Gasteiger partial charge < -0.3 is 24.8 Å². The van der Waals surface area contributed by atoms with E-state index in [4.69, 9.17) is 0 Å². The van der Waals surface area contributed by atoms with Crippen LogP contribution in [-0.2, 0) is 15.0 Å². The van der Waals surface area contributed by atoms with E-state index in [0.717, 1.165) is 5.56 Å². The number of rotatable bonds is 7. The van der Waals surface area contributed by atoms with Gasteiger partial charge in [-0.15, -0.1) is 0 Å². The van der Waals surface area contributed by atoms with E-state index >= 15 is 0 Å². The first-order valence-electron chi connectivity index (χ1n) is 13.0. The van der Waals surface area contributed by atoms with Gasteiger partial charge in [0.05, 0.1) is 11.5 Å². The summed E-state index contributed by atoms with van der Waals surface area (Å²) in [7, 11) is 1.50. The van der Waals surface area contributed by atoms with Gasteiger partial charge in [-0.1, -0.05) is 38.1 Å². The Balaban J connectivity index is 1.45. The second kappa shape index (κ2) is 10.3. The van der Waals surface area contributed by atoms with Crippen molar-refractivity contribution in [3.05, 3.63) is 59.8 Å². The maximum absolute atomic E-state index is 14.1. The summed E-state index contributed by atoms with van der Waals surface area (Å²) in [6, 6.07) is 13.6. The van der Waals surface area contributed by atoms with Crippen molar-refractivity contribution in [1.29, 1.82) is 5.26 Å². The van der Waals surface area contributed by atoms with Gasteiger partial charge in [-0.25, -0.2) is 0 Å². The van der Waals surface area contributed by atoms with Crippen molar-refractivity contribution in [3.8, 4) is 11.8 Å². The van der Waals surface area contributed by atoms with Gasteiger partial charge in [0, 0.05) is 36.6 Å². The molecular weight excluding hydrogens is 520 g/mol. The third-order valence-corrected chi connectivity index (χ3v) is 7.75. The summed E-state index contributed by atoms with van der Waals surface area (Å²) >= 11 is 0. The summed E-state index contributed by atoms with van der Waals surface area (Å²) in [4.78, 5) is 46.5. The first-order chi connectivity index (χ1) is 19.1. The van der Waals surface area contributed by atoms with Gasteiger partial charge in [-0.05, 0) is 42.2 Å². The molecule has 0 radical (unpaired) electrons. The molecular formula is C29H29F2N5O4. The highest BCUT2D eigenvalue weighted by Gasteiger charge is 2.56. The Morgan fingerprint density at radius 3 is 2.67 bits per heavy atom. The fourth-order valence-electron chi connectivity index (χ4n) is 5.82. The molecule has 3 aromatic rings. The summed E-state index contributed by atoms with van der Waals surface area (Å²) in [5.41, 5.74) is 0.899. The van der Waals surface area contributed by atoms with Crippen LogP contribution in [0.15, 0.2) is 48.5 Å². The first kappa shape index (κ1) is 27.1. The number of hydrogen-bond acceptors (Lipinski definition) is 5. The van der Waals surface area contributed by atoms with Crippen LogP contribution >= 0.6 is 0 Å². The zero-order valence-electron chi connectivity index (χ0n) is 22.3. The van der Waals surface area contributed by atoms with Gasteiger partial charge in [-0.2, -0.15) is 14.0 Å². The number of carbonyl (C=O) groups is 3. The number of likely N-dealkylation sites (tertiary alicyclic amines) is 1. The highest BCUT2D eigenvalue weighted by Crippen LogP contribution is 2.46. The lowest BCUT2D eigenvalue weighted by Gasteiger charge is -2.33. The van der Waals surface area contributed by atoms with Crippen molar-refractivity contribution in [2.75, 3.05) is 18.9 Å². The number of hydrogen-bond donors (Lipinski definition) is 2. The van der Waals surface area contributed by atoms with E-state index in [9.17, 15) is 28.4 Å². The molecule has 0 aliphatic carbocycles. The zero-order valence-corrected chi connectivity index (χ0v) is 22.3. The van der Waals surface area contributed by atoms with Crippen LogP contribution < -0.4 is 10.1 Å². The standard InChI is InChI=1S/C29H29F2N5O4/c1-16(2)11-23(35(3)25(37)22-12-18-20(33-22)9-6-10-24(18)40-28(30)31)26(38)36-15-29(13-17(36)14-32)19-7-4-5-8-21(19)34-27(29)39/h4-10,12,16-17,23,28,33H,11,13,15H2,1-3H3,(H,34,39)/t17?,23-,29-/m0/s1. The van der Waals surface area contributed by atoms with Crippen molar-refractivity contribution >= 4 is 34.3 Å². The van der Waals surface area contributed by atoms with E-state index in [1.807, 2.05) is 32.0 Å². The van der Waals surface area contributed by atoms with E-state index in [0.29, 0.717) is 23.0 Å². The summed E-state index contributed by atoms with van der Waals surface area (Å²) in [5.74, 6) is -1.26. The van der Waals surface area contributed by atoms with Gasteiger partial charge >= 0.3 is 6.61 Å². The van der Waals surface area contributed by atoms with Crippen molar-refractivity contribution in [1.82, 2.24) is 14.8 Å². The minimum absolute atomic E-state index is 0.0181. The van der Waals surface area contributed by atoms with Crippen molar-refractivity contribution in [2.24, 2.45) is 5.92 Å². The molecule has 11 heteroatoms. The molecule has 1 fully saturated rings. The fraction of sp³-hybridized carbons (Fsp3) is 0.379. The molecule has 9 nitrogen and oxygen atoms in total. The Bertz CT molecular complexity index is 1530. The van der Waals surface area contributed by atoms with Crippen LogP contribution in [0.4, 0.5) is 14.5 Å². The molecule has 2 aromatic carbocycles. The number of alkyl halides is 2. The van der Waals surface area contributed by atoms with Crippen LogP contribution in [0.1, 0.15) is 42.7 Å². The van der Waals surface area contributed by atoms with Gasteiger partial charge in [0.25, 0.3) is 5.91 Å². The molecule has 3 amide bonds. The third kappa shape index (κ3) is 4.53. The van der Waals surface area contributed by atoms with Crippen LogP contribution in [-0.4, -0.2) is 64.8 Å². The predicted octanol–water partition coefficient (Wildman–Crippen LogP) is 4.27. The summed E-state index contributed by atoms with van der Waals surface area (Å²) in [5, 5.41) is 13.2. The molecule has 40 heavy (non-hydrogen) atoms. The quantitative estimate of drug-likeness (QED) is 0.456. The number of amides is 3. The lowest BCUT2D eigenvalue weighted by molar-refractivity contribution is -0.136. The summed E-state index contributed by atoms with van der Waals surface area (Å²) in [6.07, 6.45) is 0.463. The molecule has 1 unspecified atom stereocenters. The molecule has 0 bridgehead atoms. The molecule has 1 aromatic heterocycles. The second-order valence-corrected chi connectivity index (χ2v) is 10.7. The van der Waals surface area contributed by atoms with Crippen molar-refractivity contribution < 1.29 is 27.9 Å². The monoisotopic (exact) mass is 549 g/mol. The van der Waals surface area contributed by atoms with Crippen LogP contribution in [0, 0.1) is 17.2 Å². The number of ether oxygens (including phenoxy) is 1. The molecule has 2 N–H and O–H groups in total. The number of para-hydroxylation sites is 1. The lowest BCUT2D eigenvalue weighted by atomic mass is 9.80. The molecule has 3 heterocycles. The van der Waals surface area contributed by atoms with Gasteiger partial charge in [0.2, 0.25) is 11.8 Å². The van der Waals surface area contributed by atoms with Crippen LogP contribution in [0.3, 0.4) is 0 Å². The molecule has 3 atom stereocenters. The Kier molecular flexibility index (Phi) is 6.96. The summed E-state index contributed by atoms with van der Waals surface area (Å²) in [6.45, 7) is 0.831. The number of aromatic amines is 1. The van der Waals surface area contributed by atoms with E-state index < -0.39 is 35.9 Å². The van der Waals surface area contributed by atoms with Crippen molar-refractivity contribution in [3.63, 3.8) is 0 Å². The zero-order chi connectivity index (χ0) is 28.8. The number of carbonyl (C=O) groups excluding carboxylic acids is 3. The van der Waals surface area contributed by atoms with Gasteiger partial charge in [0.15, 0.2) is 0 Å². The number of likely N-dealkylation sites (N-methyl/N-ethyl adjacent to an activating group) is 1. The topological polar surface area (TPSA) is 119 Å². The average Bonchev–Trinajstić information content (AvgIpc) is 3.61. The number of nitriles is 1. The number of anilines is 1. The maximum Gasteiger partial charge on any atom is 0.387 e. The molecule has 1 spiro atoms. The maximum atomic E-state index is 14.1. The van der Waals surface area contributed by atoms with Gasteiger partial charge in [0.1, 0.15) is 23.5 Å². The SMILES string of the molecule is CC(C)C[C@@H](C(=O)N1C[C@]2(CC1C#N)C(=O)Nc1ccccc12)N(C)C(=O)c1cc2c(OC(F)F)cccc2[nH]1.